The van der Waals surface area contributed by atoms with Crippen LogP contribution in [0.5, 0.6) is 5.75 Å². The van der Waals surface area contributed by atoms with Gasteiger partial charge in [-0.25, -0.2) is 0 Å². The van der Waals surface area contributed by atoms with Crippen molar-refractivity contribution >= 4 is 18.4 Å². The van der Waals surface area contributed by atoms with Crippen LogP contribution in [0, 0.1) is 5.92 Å². The third-order valence-electron chi connectivity index (χ3n) is 2.90. The third-order valence-corrected chi connectivity index (χ3v) is 2.90. The van der Waals surface area contributed by atoms with Crippen LogP contribution in [0.15, 0.2) is 24.3 Å². The average molecular weight is 272 g/mol. The number of halogens is 1. The molecule has 100 valence electrons. The number of hydrogen-bond donors (Lipinski definition) is 2. The Hall–Kier alpha value is -1.26. The van der Waals surface area contributed by atoms with Crippen molar-refractivity contribution in [3.8, 4) is 5.75 Å². The first-order valence-electron chi connectivity index (χ1n) is 5.86. The van der Waals surface area contributed by atoms with E-state index in [9.17, 15) is 4.79 Å². The molecule has 1 unspecified atom stereocenters. The van der Waals surface area contributed by atoms with E-state index < -0.39 is 12.0 Å². The Morgan fingerprint density at radius 2 is 2.11 bits per heavy atom. The zero-order valence-electron chi connectivity index (χ0n) is 10.0. The van der Waals surface area contributed by atoms with Gasteiger partial charge in [0, 0.05) is 6.42 Å². The molecule has 0 bridgehead atoms. The Kier molecular flexibility index (Phi) is 5.44. The highest BCUT2D eigenvalue weighted by Crippen LogP contribution is 2.30. The summed E-state index contributed by atoms with van der Waals surface area (Å²) in [5.41, 5.74) is 6.39. The molecular formula is C13H18ClNO3. The molecule has 3 N–H and O–H groups in total. The third kappa shape index (κ3) is 4.20. The lowest BCUT2D eigenvalue weighted by Crippen LogP contribution is -2.32. The molecular weight excluding hydrogens is 254 g/mol. The fraction of sp³-hybridized carbons (Fsp3) is 0.462. The van der Waals surface area contributed by atoms with Crippen LogP contribution in [0.3, 0.4) is 0 Å². The largest absolute Gasteiger partial charge is 0.493 e. The molecule has 18 heavy (non-hydrogen) atoms. The molecule has 2 rings (SSSR count). The number of hydrogen-bond acceptors (Lipinski definition) is 3. The monoisotopic (exact) mass is 271 g/mol. The van der Waals surface area contributed by atoms with Crippen LogP contribution >= 0.6 is 12.4 Å². The number of carboxylic acid groups (broad SMARTS) is 1. The second-order valence-corrected chi connectivity index (χ2v) is 4.51. The Morgan fingerprint density at radius 1 is 1.44 bits per heavy atom. The minimum atomic E-state index is -0.984. The van der Waals surface area contributed by atoms with E-state index >= 15 is 0 Å². The Balaban J connectivity index is 0.00000162. The van der Waals surface area contributed by atoms with Gasteiger partial charge in [-0.3, -0.25) is 4.79 Å². The molecule has 0 amide bonds. The number of rotatable bonds is 6. The van der Waals surface area contributed by atoms with Crippen molar-refractivity contribution in [2.24, 2.45) is 11.7 Å². The molecule has 1 fully saturated rings. The summed E-state index contributed by atoms with van der Waals surface area (Å²) in [7, 11) is 0. The van der Waals surface area contributed by atoms with Crippen LogP contribution in [0.4, 0.5) is 0 Å². The molecule has 1 aromatic carbocycles. The van der Waals surface area contributed by atoms with Gasteiger partial charge in [0.2, 0.25) is 0 Å². The maximum atomic E-state index is 10.7. The zero-order chi connectivity index (χ0) is 12.3. The molecule has 0 aromatic heterocycles. The van der Waals surface area contributed by atoms with Crippen molar-refractivity contribution in [3.63, 3.8) is 0 Å². The van der Waals surface area contributed by atoms with Crippen molar-refractivity contribution in [2.45, 2.75) is 25.3 Å². The number of nitrogens with two attached hydrogens (primary N) is 1. The van der Waals surface area contributed by atoms with Crippen LogP contribution in [0.2, 0.25) is 0 Å². The number of carboxylic acids is 1. The molecule has 1 atom stereocenters. The lowest BCUT2D eigenvalue weighted by molar-refractivity contribution is -0.138. The highest BCUT2D eigenvalue weighted by molar-refractivity contribution is 5.85. The van der Waals surface area contributed by atoms with E-state index in [1.165, 1.54) is 12.8 Å². The Morgan fingerprint density at radius 3 is 2.72 bits per heavy atom. The molecule has 0 radical (unpaired) electrons. The number of para-hydroxylation sites is 1. The quantitative estimate of drug-likeness (QED) is 0.828. The van der Waals surface area contributed by atoms with E-state index in [0.29, 0.717) is 12.3 Å². The van der Waals surface area contributed by atoms with Gasteiger partial charge in [0.25, 0.3) is 0 Å². The molecule has 5 heteroatoms. The summed E-state index contributed by atoms with van der Waals surface area (Å²) in [6.45, 7) is 0.722. The van der Waals surface area contributed by atoms with Gasteiger partial charge in [-0.15, -0.1) is 12.4 Å². The van der Waals surface area contributed by atoms with Crippen LogP contribution < -0.4 is 10.5 Å². The minimum Gasteiger partial charge on any atom is -0.493 e. The zero-order valence-corrected chi connectivity index (χ0v) is 10.9. The summed E-state index contributed by atoms with van der Waals surface area (Å²) < 4.78 is 5.69. The summed E-state index contributed by atoms with van der Waals surface area (Å²) in [6, 6.07) is 6.61. The maximum Gasteiger partial charge on any atom is 0.320 e. The van der Waals surface area contributed by atoms with E-state index in [0.717, 1.165) is 17.9 Å². The smallest absolute Gasteiger partial charge is 0.320 e. The Bertz CT molecular complexity index is 407. The van der Waals surface area contributed by atoms with Crippen LogP contribution in [0.1, 0.15) is 18.4 Å². The van der Waals surface area contributed by atoms with E-state index in [-0.39, 0.29) is 12.4 Å². The normalized spacial score (nSPS) is 15.6. The van der Waals surface area contributed by atoms with Crippen molar-refractivity contribution in [1.82, 2.24) is 0 Å². The molecule has 4 nitrogen and oxygen atoms in total. The Labute approximate surface area is 113 Å². The lowest BCUT2D eigenvalue weighted by atomic mass is 10.1. The predicted octanol–water partition coefficient (Wildman–Crippen LogP) is 1.85. The molecule has 0 saturated heterocycles. The fourth-order valence-corrected chi connectivity index (χ4v) is 1.63. The highest BCUT2D eigenvalue weighted by Gasteiger charge is 2.22. The first-order chi connectivity index (χ1) is 8.16. The van der Waals surface area contributed by atoms with E-state index in [1.54, 1.807) is 0 Å². The molecule has 0 heterocycles. The summed E-state index contributed by atoms with van der Waals surface area (Å²) in [4.78, 5) is 10.7. The number of ether oxygens (including phenoxy) is 1. The molecule has 1 aliphatic carbocycles. The topological polar surface area (TPSA) is 72.5 Å². The summed E-state index contributed by atoms with van der Waals surface area (Å²) in [5.74, 6) is 0.453. The number of benzene rings is 1. The second kappa shape index (κ2) is 6.61. The molecule has 0 aliphatic heterocycles. The van der Waals surface area contributed by atoms with Crippen molar-refractivity contribution < 1.29 is 14.6 Å². The van der Waals surface area contributed by atoms with Gasteiger partial charge >= 0.3 is 5.97 Å². The van der Waals surface area contributed by atoms with E-state index in [1.807, 2.05) is 24.3 Å². The van der Waals surface area contributed by atoms with Gasteiger partial charge in [0.1, 0.15) is 11.8 Å². The number of aliphatic carboxylic acids is 1. The second-order valence-electron chi connectivity index (χ2n) is 4.51. The van der Waals surface area contributed by atoms with Crippen molar-refractivity contribution in [3.05, 3.63) is 29.8 Å². The van der Waals surface area contributed by atoms with E-state index in [4.69, 9.17) is 15.6 Å². The van der Waals surface area contributed by atoms with Crippen LogP contribution in [-0.2, 0) is 11.2 Å². The molecule has 1 aromatic rings. The van der Waals surface area contributed by atoms with Gasteiger partial charge in [-0.05, 0) is 30.4 Å². The van der Waals surface area contributed by atoms with Gasteiger partial charge in [-0.1, -0.05) is 18.2 Å². The molecule has 1 saturated carbocycles. The number of carbonyl (C=O) groups is 1. The van der Waals surface area contributed by atoms with Crippen LogP contribution in [0.25, 0.3) is 0 Å². The van der Waals surface area contributed by atoms with Gasteiger partial charge in [0.05, 0.1) is 6.61 Å². The fourth-order valence-electron chi connectivity index (χ4n) is 1.63. The van der Waals surface area contributed by atoms with E-state index in [2.05, 4.69) is 0 Å². The summed E-state index contributed by atoms with van der Waals surface area (Å²) in [5, 5.41) is 8.80. The summed E-state index contributed by atoms with van der Waals surface area (Å²) >= 11 is 0. The standard InChI is InChI=1S/C13H17NO3.ClH/c14-11(13(15)16)7-10-3-1-2-4-12(10)17-8-9-5-6-9;/h1-4,9,11H,5-8,14H2,(H,15,16);1H. The maximum absolute atomic E-state index is 10.7. The molecule has 0 spiro atoms. The van der Waals surface area contributed by atoms with Gasteiger partial charge in [0.15, 0.2) is 0 Å². The van der Waals surface area contributed by atoms with Crippen molar-refractivity contribution in [2.75, 3.05) is 6.61 Å². The average Bonchev–Trinajstić information content (AvgIpc) is 3.11. The van der Waals surface area contributed by atoms with Gasteiger partial charge in [-0.2, -0.15) is 0 Å². The minimum absolute atomic E-state index is 0. The predicted molar refractivity (Wildman–Crippen MR) is 71.2 cm³/mol. The first kappa shape index (κ1) is 14.8. The first-order valence-corrected chi connectivity index (χ1v) is 5.86. The molecule has 1 aliphatic rings. The SMILES string of the molecule is Cl.NC(Cc1ccccc1OCC1CC1)C(=O)O. The lowest BCUT2D eigenvalue weighted by Gasteiger charge is -2.12. The van der Waals surface area contributed by atoms with Crippen LogP contribution in [-0.4, -0.2) is 23.7 Å². The highest BCUT2D eigenvalue weighted by atomic mass is 35.5. The summed E-state index contributed by atoms with van der Waals surface area (Å²) in [6.07, 6.45) is 2.77. The van der Waals surface area contributed by atoms with Gasteiger partial charge < -0.3 is 15.6 Å². The van der Waals surface area contributed by atoms with Crippen molar-refractivity contribution in [1.29, 1.82) is 0 Å².